The van der Waals surface area contributed by atoms with Gasteiger partial charge in [-0.1, -0.05) is 57.9 Å². The number of hydrogen-bond acceptors (Lipinski definition) is 3. The molecular formula is C20H37NO3. The van der Waals surface area contributed by atoms with Crippen LogP contribution in [0.3, 0.4) is 0 Å². The van der Waals surface area contributed by atoms with E-state index in [2.05, 4.69) is 12.2 Å². The van der Waals surface area contributed by atoms with Crippen molar-refractivity contribution < 1.29 is 14.7 Å². The molecule has 24 heavy (non-hydrogen) atoms. The second-order valence-corrected chi connectivity index (χ2v) is 6.41. The van der Waals surface area contributed by atoms with E-state index in [1.54, 1.807) is 6.08 Å². The van der Waals surface area contributed by atoms with Crippen molar-refractivity contribution in [3.8, 4) is 0 Å². The molecule has 4 nitrogen and oxygen atoms in total. The highest BCUT2D eigenvalue weighted by Crippen LogP contribution is 2.08. The summed E-state index contributed by atoms with van der Waals surface area (Å²) < 4.78 is 0. The van der Waals surface area contributed by atoms with Crippen LogP contribution in [0.15, 0.2) is 12.2 Å². The first-order valence-corrected chi connectivity index (χ1v) is 9.77. The van der Waals surface area contributed by atoms with Crippen LogP contribution < -0.4 is 5.32 Å². The molecule has 0 aromatic heterocycles. The summed E-state index contributed by atoms with van der Waals surface area (Å²) in [6.45, 7) is 2.54. The molecule has 140 valence electrons. The predicted molar refractivity (Wildman–Crippen MR) is 99.9 cm³/mol. The van der Waals surface area contributed by atoms with E-state index in [0.29, 0.717) is 19.4 Å². The topological polar surface area (TPSA) is 66.4 Å². The zero-order chi connectivity index (χ0) is 17.9. The Kier molecular flexibility index (Phi) is 17.3. The van der Waals surface area contributed by atoms with Crippen LogP contribution >= 0.6 is 0 Å². The molecule has 2 N–H and O–H groups in total. The van der Waals surface area contributed by atoms with E-state index in [0.717, 1.165) is 32.1 Å². The lowest BCUT2D eigenvalue weighted by molar-refractivity contribution is -0.121. The lowest BCUT2D eigenvalue weighted by Gasteiger charge is -2.02. The Labute approximate surface area is 148 Å². The van der Waals surface area contributed by atoms with Crippen molar-refractivity contribution in [2.75, 3.05) is 13.2 Å². The van der Waals surface area contributed by atoms with Crippen LogP contribution in [0, 0.1) is 0 Å². The van der Waals surface area contributed by atoms with Gasteiger partial charge in [0, 0.05) is 19.4 Å². The number of rotatable bonds is 17. The summed E-state index contributed by atoms with van der Waals surface area (Å²) in [6, 6.07) is 0. The fraction of sp³-hybridized carbons (Fsp3) is 0.800. The molecule has 0 heterocycles. The van der Waals surface area contributed by atoms with Gasteiger partial charge in [0.05, 0.1) is 6.61 Å². The van der Waals surface area contributed by atoms with Gasteiger partial charge < -0.3 is 10.4 Å². The molecule has 0 aliphatic carbocycles. The van der Waals surface area contributed by atoms with Gasteiger partial charge in [0.2, 0.25) is 5.91 Å². The Morgan fingerprint density at radius 3 is 2.21 bits per heavy atom. The van der Waals surface area contributed by atoms with Gasteiger partial charge in [-0.15, -0.1) is 0 Å². The number of carbonyl (C=O) groups is 2. The summed E-state index contributed by atoms with van der Waals surface area (Å²) in [4.78, 5) is 23.0. The van der Waals surface area contributed by atoms with Crippen molar-refractivity contribution in [3.05, 3.63) is 12.2 Å². The molecule has 0 saturated heterocycles. The van der Waals surface area contributed by atoms with E-state index >= 15 is 0 Å². The molecule has 0 radical (unpaired) electrons. The van der Waals surface area contributed by atoms with Gasteiger partial charge in [-0.2, -0.15) is 0 Å². The fourth-order valence-corrected chi connectivity index (χ4v) is 2.56. The highest BCUT2D eigenvalue weighted by atomic mass is 16.3. The maximum Gasteiger partial charge on any atom is 0.220 e. The lowest BCUT2D eigenvalue weighted by atomic mass is 10.1. The van der Waals surface area contributed by atoms with Crippen LogP contribution in [0.4, 0.5) is 0 Å². The number of ketones is 1. The number of allylic oxidation sites excluding steroid dienone is 2. The van der Waals surface area contributed by atoms with Gasteiger partial charge in [-0.05, 0) is 31.8 Å². The zero-order valence-electron chi connectivity index (χ0n) is 15.5. The van der Waals surface area contributed by atoms with Crippen LogP contribution in [-0.2, 0) is 9.59 Å². The Bertz CT molecular complexity index is 340. The number of unbranched alkanes of at least 4 members (excludes halogenated alkanes) is 9. The predicted octanol–water partition coefficient (Wildman–Crippen LogP) is 4.31. The third-order valence-corrected chi connectivity index (χ3v) is 4.04. The SMILES string of the molecule is CCCCCCCC/C=C/C(=O)CCCCCCC(=O)NCCO. The van der Waals surface area contributed by atoms with E-state index in [1.165, 1.54) is 38.5 Å². The van der Waals surface area contributed by atoms with Gasteiger partial charge in [0.15, 0.2) is 5.78 Å². The van der Waals surface area contributed by atoms with E-state index in [9.17, 15) is 9.59 Å². The first kappa shape index (κ1) is 22.8. The number of nitrogens with one attached hydrogen (secondary N) is 1. The molecule has 0 rings (SSSR count). The molecule has 0 unspecified atom stereocenters. The summed E-state index contributed by atoms with van der Waals surface area (Å²) in [7, 11) is 0. The Hall–Kier alpha value is -1.16. The molecule has 0 aromatic carbocycles. The zero-order valence-corrected chi connectivity index (χ0v) is 15.5. The minimum absolute atomic E-state index is 0.00208. The standard InChI is InChI=1S/C20H37NO3/c1-2-3-4-5-6-7-8-11-14-19(23)15-12-9-10-13-16-20(24)21-17-18-22/h11,14,22H,2-10,12-13,15-18H2,1H3,(H,21,24)/b14-11+. The minimum atomic E-state index is -0.0137. The average molecular weight is 340 g/mol. The van der Waals surface area contributed by atoms with Crippen molar-refractivity contribution in [3.63, 3.8) is 0 Å². The highest BCUT2D eigenvalue weighted by Gasteiger charge is 2.01. The first-order chi connectivity index (χ1) is 11.7. The molecule has 0 aliphatic heterocycles. The molecule has 0 aromatic rings. The molecule has 0 aliphatic rings. The van der Waals surface area contributed by atoms with Crippen LogP contribution in [0.1, 0.15) is 90.4 Å². The summed E-state index contributed by atoms with van der Waals surface area (Å²) in [5.74, 6) is 0.222. The Morgan fingerprint density at radius 1 is 0.875 bits per heavy atom. The van der Waals surface area contributed by atoms with Gasteiger partial charge in [-0.25, -0.2) is 0 Å². The van der Waals surface area contributed by atoms with Crippen LogP contribution in [-0.4, -0.2) is 29.9 Å². The van der Waals surface area contributed by atoms with Gasteiger partial charge >= 0.3 is 0 Å². The van der Waals surface area contributed by atoms with Crippen LogP contribution in [0.5, 0.6) is 0 Å². The number of aliphatic hydroxyl groups is 1. The third kappa shape index (κ3) is 17.2. The van der Waals surface area contributed by atoms with Crippen molar-refractivity contribution >= 4 is 11.7 Å². The van der Waals surface area contributed by atoms with Gasteiger partial charge in [0.25, 0.3) is 0 Å². The molecule has 1 amide bonds. The maximum atomic E-state index is 11.7. The highest BCUT2D eigenvalue weighted by molar-refractivity contribution is 5.89. The smallest absolute Gasteiger partial charge is 0.220 e. The molecule has 0 atom stereocenters. The van der Waals surface area contributed by atoms with E-state index in [1.807, 2.05) is 6.08 Å². The molecule has 0 bridgehead atoms. The number of carbonyl (C=O) groups excluding carboxylic acids is 2. The van der Waals surface area contributed by atoms with Crippen molar-refractivity contribution in [1.82, 2.24) is 5.32 Å². The second kappa shape index (κ2) is 18.2. The Morgan fingerprint density at radius 2 is 1.50 bits per heavy atom. The fourth-order valence-electron chi connectivity index (χ4n) is 2.56. The van der Waals surface area contributed by atoms with E-state index in [4.69, 9.17) is 5.11 Å². The maximum absolute atomic E-state index is 11.7. The summed E-state index contributed by atoms with van der Waals surface area (Å²) in [5, 5.41) is 11.2. The van der Waals surface area contributed by atoms with Gasteiger partial charge in [0.1, 0.15) is 0 Å². The lowest BCUT2D eigenvalue weighted by Crippen LogP contribution is -2.25. The number of hydrogen-bond donors (Lipinski definition) is 2. The molecule has 0 fully saturated rings. The summed E-state index contributed by atoms with van der Waals surface area (Å²) in [6.07, 6.45) is 17.3. The third-order valence-electron chi connectivity index (χ3n) is 4.04. The molecule has 4 heteroatoms. The van der Waals surface area contributed by atoms with Crippen molar-refractivity contribution in [2.45, 2.75) is 90.4 Å². The average Bonchev–Trinajstić information content (AvgIpc) is 2.58. The van der Waals surface area contributed by atoms with E-state index < -0.39 is 0 Å². The molecule has 0 saturated carbocycles. The molecule has 0 spiro atoms. The van der Waals surface area contributed by atoms with E-state index in [-0.39, 0.29) is 18.3 Å². The quantitative estimate of drug-likeness (QED) is 0.306. The van der Waals surface area contributed by atoms with Crippen molar-refractivity contribution in [1.29, 1.82) is 0 Å². The van der Waals surface area contributed by atoms with Crippen LogP contribution in [0.25, 0.3) is 0 Å². The molecular weight excluding hydrogens is 302 g/mol. The number of aliphatic hydroxyl groups excluding tert-OH is 1. The number of amides is 1. The second-order valence-electron chi connectivity index (χ2n) is 6.41. The first-order valence-electron chi connectivity index (χ1n) is 9.77. The Balaban J connectivity index is 3.37. The minimum Gasteiger partial charge on any atom is -0.395 e. The summed E-state index contributed by atoms with van der Waals surface area (Å²) >= 11 is 0. The monoisotopic (exact) mass is 339 g/mol. The summed E-state index contributed by atoms with van der Waals surface area (Å²) in [5.41, 5.74) is 0. The largest absolute Gasteiger partial charge is 0.395 e. The van der Waals surface area contributed by atoms with Crippen molar-refractivity contribution in [2.24, 2.45) is 0 Å². The van der Waals surface area contributed by atoms with Crippen LogP contribution in [0.2, 0.25) is 0 Å². The van der Waals surface area contributed by atoms with Gasteiger partial charge in [-0.3, -0.25) is 9.59 Å². The normalized spacial score (nSPS) is 11.1.